The van der Waals surface area contributed by atoms with Gasteiger partial charge in [-0.1, -0.05) is 18.2 Å². The molecule has 0 saturated heterocycles. The molecule has 1 aliphatic heterocycles. The fourth-order valence-electron chi connectivity index (χ4n) is 2.79. The molecule has 0 bridgehead atoms. The third-order valence-electron chi connectivity index (χ3n) is 3.60. The van der Waals surface area contributed by atoms with Gasteiger partial charge in [-0.15, -0.1) is 11.3 Å². The van der Waals surface area contributed by atoms with Gasteiger partial charge in [0.2, 0.25) is 0 Å². The van der Waals surface area contributed by atoms with Crippen molar-refractivity contribution in [2.24, 2.45) is 0 Å². The monoisotopic (exact) mass is 288 g/mol. The Morgan fingerprint density at radius 1 is 1.50 bits per heavy atom. The minimum absolute atomic E-state index is 0.0726. The van der Waals surface area contributed by atoms with Gasteiger partial charge in [-0.05, 0) is 18.6 Å². The number of aryl methyl sites for hydroxylation is 1. The van der Waals surface area contributed by atoms with Crippen LogP contribution in [0.25, 0.3) is 0 Å². The highest BCUT2D eigenvalue weighted by molar-refractivity contribution is 7.09. The van der Waals surface area contributed by atoms with Crippen molar-refractivity contribution in [3.05, 3.63) is 45.9 Å². The lowest BCUT2D eigenvalue weighted by Crippen LogP contribution is -2.22. The highest BCUT2D eigenvalue weighted by atomic mass is 32.1. The van der Waals surface area contributed by atoms with Crippen LogP contribution in [0.2, 0.25) is 0 Å². The molecule has 1 aromatic heterocycles. The second kappa shape index (κ2) is 5.25. The number of hydrogen-bond donors (Lipinski definition) is 1. The van der Waals surface area contributed by atoms with Crippen LogP contribution in [0.3, 0.4) is 0 Å². The molecular formula is C15H16N2O2S. The number of anilines is 1. The van der Waals surface area contributed by atoms with E-state index in [2.05, 4.69) is 21.3 Å². The van der Waals surface area contributed by atoms with Gasteiger partial charge in [0.05, 0.1) is 23.7 Å². The van der Waals surface area contributed by atoms with Gasteiger partial charge in [0.1, 0.15) is 0 Å². The van der Waals surface area contributed by atoms with Gasteiger partial charge in [0, 0.05) is 23.5 Å². The third kappa shape index (κ3) is 2.54. The van der Waals surface area contributed by atoms with E-state index in [9.17, 15) is 4.79 Å². The molecule has 1 aliphatic rings. The molecule has 1 aromatic carbocycles. The number of para-hydroxylation sites is 1. The van der Waals surface area contributed by atoms with E-state index in [-0.39, 0.29) is 12.3 Å². The molecule has 5 heteroatoms. The van der Waals surface area contributed by atoms with Gasteiger partial charge in [-0.25, -0.2) is 4.98 Å². The number of carboxylic acid groups (broad SMARTS) is 1. The summed E-state index contributed by atoms with van der Waals surface area (Å²) in [5, 5.41) is 12.2. The van der Waals surface area contributed by atoms with Gasteiger partial charge in [0.25, 0.3) is 0 Å². The first-order valence-electron chi connectivity index (χ1n) is 6.60. The number of thiazole rings is 1. The van der Waals surface area contributed by atoms with Crippen LogP contribution < -0.4 is 4.90 Å². The smallest absolute Gasteiger partial charge is 0.304 e. The number of nitrogens with zero attached hydrogens (tertiary/aromatic N) is 2. The molecule has 1 unspecified atom stereocenters. The fraction of sp³-hybridized carbons (Fsp3) is 0.333. The lowest BCUT2D eigenvalue weighted by molar-refractivity contribution is -0.137. The van der Waals surface area contributed by atoms with Crippen LogP contribution in [0.4, 0.5) is 5.69 Å². The Labute approximate surface area is 121 Å². The zero-order valence-corrected chi connectivity index (χ0v) is 12.1. The van der Waals surface area contributed by atoms with Crippen molar-refractivity contribution in [1.82, 2.24) is 4.98 Å². The predicted octanol–water partition coefficient (Wildman–Crippen LogP) is 3.03. The first-order chi connectivity index (χ1) is 9.63. The summed E-state index contributed by atoms with van der Waals surface area (Å²) in [7, 11) is 0. The maximum atomic E-state index is 11.0. The molecule has 20 heavy (non-hydrogen) atoms. The number of fused-ring (bicyclic) bond motifs is 1. The Morgan fingerprint density at radius 3 is 3.00 bits per heavy atom. The summed E-state index contributed by atoms with van der Waals surface area (Å²) >= 11 is 1.65. The normalized spacial score (nSPS) is 17.2. The van der Waals surface area contributed by atoms with Crippen molar-refractivity contribution in [3.8, 4) is 0 Å². The first kappa shape index (κ1) is 13.1. The zero-order valence-electron chi connectivity index (χ0n) is 11.2. The molecule has 2 heterocycles. The van der Waals surface area contributed by atoms with Gasteiger partial charge in [0.15, 0.2) is 0 Å². The summed E-state index contributed by atoms with van der Waals surface area (Å²) in [6.45, 7) is 3.50. The minimum Gasteiger partial charge on any atom is -0.481 e. The van der Waals surface area contributed by atoms with E-state index in [0.29, 0.717) is 0 Å². The lowest BCUT2D eigenvalue weighted by atomic mass is 9.98. The van der Waals surface area contributed by atoms with Crippen LogP contribution in [0.15, 0.2) is 29.6 Å². The van der Waals surface area contributed by atoms with E-state index in [1.807, 2.05) is 25.1 Å². The van der Waals surface area contributed by atoms with Crippen molar-refractivity contribution in [1.29, 1.82) is 0 Å². The summed E-state index contributed by atoms with van der Waals surface area (Å²) in [5.41, 5.74) is 3.34. The lowest BCUT2D eigenvalue weighted by Gasteiger charge is -2.18. The summed E-state index contributed by atoms with van der Waals surface area (Å²) in [6, 6.07) is 8.08. The van der Waals surface area contributed by atoms with E-state index < -0.39 is 5.97 Å². The highest BCUT2D eigenvalue weighted by Gasteiger charge is 2.30. The fourth-order valence-corrected chi connectivity index (χ4v) is 3.40. The maximum Gasteiger partial charge on any atom is 0.304 e. The second-order valence-corrected chi connectivity index (χ2v) is 6.15. The highest BCUT2D eigenvalue weighted by Crippen LogP contribution is 2.38. The van der Waals surface area contributed by atoms with Crippen LogP contribution in [0, 0.1) is 6.92 Å². The van der Waals surface area contributed by atoms with Gasteiger partial charge < -0.3 is 10.0 Å². The summed E-state index contributed by atoms with van der Waals surface area (Å²) < 4.78 is 0. The molecule has 0 saturated carbocycles. The Hall–Kier alpha value is -1.88. The molecule has 104 valence electrons. The standard InChI is InChI=1S/C15H16N2O2S/c1-10-16-12(9-20-10)8-17-7-11(6-15(18)19)13-4-2-3-5-14(13)17/h2-5,9,11H,6-8H2,1H3,(H,18,19). The van der Waals surface area contributed by atoms with Crippen molar-refractivity contribution < 1.29 is 9.90 Å². The minimum atomic E-state index is -0.740. The average molecular weight is 288 g/mol. The maximum absolute atomic E-state index is 11.0. The van der Waals surface area contributed by atoms with E-state index in [0.717, 1.165) is 35.0 Å². The number of carboxylic acids is 1. The summed E-state index contributed by atoms with van der Waals surface area (Å²) in [5.74, 6) is -0.667. The Bertz CT molecular complexity index is 638. The van der Waals surface area contributed by atoms with Crippen LogP contribution in [-0.2, 0) is 11.3 Å². The van der Waals surface area contributed by atoms with Crippen LogP contribution in [0.5, 0.6) is 0 Å². The topological polar surface area (TPSA) is 53.4 Å². The van der Waals surface area contributed by atoms with Gasteiger partial charge >= 0.3 is 5.97 Å². The molecule has 4 nitrogen and oxygen atoms in total. The van der Waals surface area contributed by atoms with Gasteiger partial charge in [-0.2, -0.15) is 0 Å². The Kier molecular flexibility index (Phi) is 3.44. The number of aliphatic carboxylic acids is 1. The Balaban J connectivity index is 1.84. The molecule has 0 amide bonds. The van der Waals surface area contributed by atoms with Crippen molar-refractivity contribution in [2.75, 3.05) is 11.4 Å². The average Bonchev–Trinajstić information content (AvgIpc) is 2.95. The molecular weight excluding hydrogens is 272 g/mol. The quantitative estimate of drug-likeness (QED) is 0.939. The number of hydrogen-bond acceptors (Lipinski definition) is 4. The van der Waals surface area contributed by atoms with Gasteiger partial charge in [-0.3, -0.25) is 4.79 Å². The largest absolute Gasteiger partial charge is 0.481 e. The molecule has 0 fully saturated rings. The Morgan fingerprint density at radius 2 is 2.30 bits per heavy atom. The van der Waals surface area contributed by atoms with Crippen LogP contribution >= 0.6 is 11.3 Å². The third-order valence-corrected chi connectivity index (χ3v) is 4.42. The van der Waals surface area contributed by atoms with E-state index in [1.165, 1.54) is 0 Å². The molecule has 1 N–H and O–H groups in total. The molecule has 2 aromatic rings. The number of benzene rings is 1. The van der Waals surface area contributed by atoms with Crippen molar-refractivity contribution in [3.63, 3.8) is 0 Å². The van der Waals surface area contributed by atoms with Crippen LogP contribution in [-0.4, -0.2) is 22.6 Å². The molecule has 1 atom stereocenters. The first-order valence-corrected chi connectivity index (χ1v) is 7.48. The summed E-state index contributed by atoms with van der Waals surface area (Å²) in [4.78, 5) is 17.7. The SMILES string of the molecule is Cc1nc(CN2CC(CC(=O)O)c3ccccc32)cs1. The summed E-state index contributed by atoms with van der Waals surface area (Å²) in [6.07, 6.45) is 0.184. The van der Waals surface area contributed by atoms with E-state index in [1.54, 1.807) is 11.3 Å². The molecule has 3 rings (SSSR count). The predicted molar refractivity (Wildman–Crippen MR) is 79.3 cm³/mol. The number of aromatic nitrogens is 1. The van der Waals surface area contributed by atoms with Crippen molar-refractivity contribution >= 4 is 23.0 Å². The number of rotatable bonds is 4. The van der Waals surface area contributed by atoms with E-state index >= 15 is 0 Å². The molecule has 0 spiro atoms. The number of carbonyl (C=O) groups is 1. The molecule has 0 radical (unpaired) electrons. The zero-order chi connectivity index (χ0) is 14.1. The van der Waals surface area contributed by atoms with E-state index in [4.69, 9.17) is 5.11 Å². The molecule has 0 aliphatic carbocycles. The van der Waals surface area contributed by atoms with Crippen LogP contribution in [0.1, 0.15) is 28.6 Å². The second-order valence-electron chi connectivity index (χ2n) is 5.09. The van der Waals surface area contributed by atoms with Crippen molar-refractivity contribution in [2.45, 2.75) is 25.8 Å².